The van der Waals surface area contributed by atoms with Crippen molar-refractivity contribution in [2.75, 3.05) is 0 Å². The van der Waals surface area contributed by atoms with Gasteiger partial charge in [-0.3, -0.25) is 0 Å². The third-order valence-corrected chi connectivity index (χ3v) is 4.80. The highest BCUT2D eigenvalue weighted by Gasteiger charge is 2.32. The van der Waals surface area contributed by atoms with Crippen molar-refractivity contribution < 1.29 is 4.74 Å². The molecule has 1 heterocycles. The van der Waals surface area contributed by atoms with Crippen molar-refractivity contribution in [2.24, 2.45) is 11.7 Å². The van der Waals surface area contributed by atoms with Crippen molar-refractivity contribution in [1.29, 1.82) is 0 Å². The fourth-order valence-corrected chi connectivity index (χ4v) is 3.68. The summed E-state index contributed by atoms with van der Waals surface area (Å²) in [6.07, 6.45) is 8.01. The summed E-state index contributed by atoms with van der Waals surface area (Å²) in [6, 6.07) is 6.30. The van der Waals surface area contributed by atoms with Gasteiger partial charge in [-0.1, -0.05) is 35.2 Å². The van der Waals surface area contributed by atoms with Crippen LogP contribution < -0.4 is 10.5 Å². The Morgan fingerprint density at radius 1 is 1.17 bits per heavy atom. The van der Waals surface area contributed by atoms with E-state index >= 15 is 0 Å². The molecule has 1 fully saturated rings. The highest BCUT2D eigenvalue weighted by molar-refractivity contribution is 9.10. The molecule has 0 radical (unpaired) electrons. The van der Waals surface area contributed by atoms with Crippen LogP contribution in [0.5, 0.6) is 5.75 Å². The summed E-state index contributed by atoms with van der Waals surface area (Å²) in [5, 5.41) is 0. The first-order valence-electron chi connectivity index (χ1n) is 6.96. The minimum Gasteiger partial charge on any atom is -0.490 e. The Morgan fingerprint density at radius 2 is 1.94 bits per heavy atom. The van der Waals surface area contributed by atoms with Gasteiger partial charge in [0.2, 0.25) is 0 Å². The Labute approximate surface area is 117 Å². The molecule has 1 aromatic carbocycles. The number of hydrogen-bond donors (Lipinski definition) is 1. The van der Waals surface area contributed by atoms with Gasteiger partial charge in [0.1, 0.15) is 11.9 Å². The van der Waals surface area contributed by atoms with Crippen molar-refractivity contribution in [1.82, 2.24) is 0 Å². The Bertz CT molecular complexity index is 429. The first-order valence-corrected chi connectivity index (χ1v) is 7.75. The molecule has 0 saturated heterocycles. The molecule has 1 saturated carbocycles. The van der Waals surface area contributed by atoms with Crippen LogP contribution >= 0.6 is 15.9 Å². The quantitative estimate of drug-likeness (QED) is 0.844. The van der Waals surface area contributed by atoms with Crippen LogP contribution in [0, 0.1) is 5.92 Å². The van der Waals surface area contributed by atoms with E-state index in [9.17, 15) is 0 Å². The number of ether oxygens (including phenoxy) is 1. The van der Waals surface area contributed by atoms with Crippen LogP contribution in [0.4, 0.5) is 0 Å². The fourth-order valence-electron chi connectivity index (χ4n) is 3.30. The van der Waals surface area contributed by atoms with Gasteiger partial charge in [0.05, 0.1) is 0 Å². The van der Waals surface area contributed by atoms with Crippen LogP contribution in [-0.4, -0.2) is 6.10 Å². The van der Waals surface area contributed by atoms with E-state index in [2.05, 4.69) is 22.0 Å². The summed E-state index contributed by atoms with van der Waals surface area (Å²) in [5.74, 6) is 1.70. The molecule has 2 aliphatic rings. The number of fused-ring (bicyclic) bond motifs is 1. The Balaban J connectivity index is 1.80. The number of benzene rings is 1. The van der Waals surface area contributed by atoms with Crippen LogP contribution in [0.1, 0.15) is 50.1 Å². The summed E-state index contributed by atoms with van der Waals surface area (Å²) in [7, 11) is 0. The van der Waals surface area contributed by atoms with E-state index in [4.69, 9.17) is 10.5 Å². The van der Waals surface area contributed by atoms with Gasteiger partial charge >= 0.3 is 0 Å². The molecule has 3 heteroatoms. The van der Waals surface area contributed by atoms with Crippen molar-refractivity contribution in [3.63, 3.8) is 0 Å². The van der Waals surface area contributed by atoms with E-state index in [0.717, 1.165) is 22.2 Å². The van der Waals surface area contributed by atoms with Gasteiger partial charge in [-0.15, -0.1) is 0 Å². The summed E-state index contributed by atoms with van der Waals surface area (Å²) in [6.45, 7) is 0. The zero-order valence-electron chi connectivity index (χ0n) is 10.6. The normalized spacial score (nSPS) is 28.6. The molecule has 1 aliphatic heterocycles. The second-order valence-electron chi connectivity index (χ2n) is 5.58. The fraction of sp³-hybridized carbons (Fsp3) is 0.600. The molecule has 0 amide bonds. The average Bonchev–Trinajstić information content (AvgIpc) is 2.40. The number of nitrogens with two attached hydrogens (primary N) is 1. The summed E-state index contributed by atoms with van der Waals surface area (Å²) < 4.78 is 7.28. The standard InChI is InChI=1S/C15H20BrNO/c16-11-6-7-14-12(8-11)13(17)9-15(18-14)10-4-2-1-3-5-10/h6-8,10,13,15H,1-5,9,17H2/t13-,15?/m0/s1. The maximum Gasteiger partial charge on any atom is 0.124 e. The summed E-state index contributed by atoms with van der Waals surface area (Å²) >= 11 is 3.50. The predicted molar refractivity (Wildman–Crippen MR) is 76.7 cm³/mol. The monoisotopic (exact) mass is 309 g/mol. The lowest BCUT2D eigenvalue weighted by atomic mass is 9.81. The van der Waals surface area contributed by atoms with Gasteiger partial charge < -0.3 is 10.5 Å². The lowest BCUT2D eigenvalue weighted by Crippen LogP contribution is -2.36. The second kappa shape index (κ2) is 5.22. The maximum absolute atomic E-state index is 6.31. The average molecular weight is 310 g/mol. The van der Waals surface area contributed by atoms with Gasteiger partial charge in [-0.25, -0.2) is 0 Å². The highest BCUT2D eigenvalue weighted by atomic mass is 79.9. The number of halogens is 1. The zero-order chi connectivity index (χ0) is 12.5. The molecule has 2 nitrogen and oxygen atoms in total. The van der Waals surface area contributed by atoms with E-state index in [1.54, 1.807) is 0 Å². The van der Waals surface area contributed by atoms with Gasteiger partial charge in [0, 0.05) is 22.5 Å². The van der Waals surface area contributed by atoms with Crippen molar-refractivity contribution >= 4 is 15.9 Å². The zero-order valence-corrected chi connectivity index (χ0v) is 12.2. The largest absolute Gasteiger partial charge is 0.490 e. The van der Waals surface area contributed by atoms with Crippen LogP contribution in [0.15, 0.2) is 22.7 Å². The van der Waals surface area contributed by atoms with Crippen LogP contribution in [0.25, 0.3) is 0 Å². The summed E-state index contributed by atoms with van der Waals surface area (Å²) in [4.78, 5) is 0. The molecule has 18 heavy (non-hydrogen) atoms. The molecular formula is C15H20BrNO. The van der Waals surface area contributed by atoms with Crippen LogP contribution in [0.2, 0.25) is 0 Å². The first-order chi connectivity index (χ1) is 8.74. The minimum atomic E-state index is 0.123. The maximum atomic E-state index is 6.31. The Kier molecular flexibility index (Phi) is 3.62. The molecule has 3 rings (SSSR count). The molecule has 1 aromatic rings. The van der Waals surface area contributed by atoms with Gasteiger partial charge in [-0.05, 0) is 37.0 Å². The Morgan fingerprint density at radius 3 is 2.72 bits per heavy atom. The third-order valence-electron chi connectivity index (χ3n) is 4.31. The lowest BCUT2D eigenvalue weighted by Gasteiger charge is -2.36. The molecule has 1 unspecified atom stereocenters. The topological polar surface area (TPSA) is 35.2 Å². The third kappa shape index (κ3) is 2.43. The highest BCUT2D eigenvalue weighted by Crippen LogP contribution is 2.40. The summed E-state index contributed by atoms with van der Waals surface area (Å²) in [5.41, 5.74) is 7.46. The SMILES string of the molecule is N[C@H]1CC(C2CCCCC2)Oc2ccc(Br)cc21. The van der Waals surface area contributed by atoms with Crippen LogP contribution in [-0.2, 0) is 0 Å². The number of hydrogen-bond acceptors (Lipinski definition) is 2. The minimum absolute atomic E-state index is 0.123. The van der Waals surface area contributed by atoms with Crippen molar-refractivity contribution in [2.45, 2.75) is 50.7 Å². The van der Waals surface area contributed by atoms with Crippen LogP contribution in [0.3, 0.4) is 0 Å². The number of rotatable bonds is 1. The first kappa shape index (κ1) is 12.5. The molecule has 2 atom stereocenters. The van der Waals surface area contributed by atoms with E-state index in [-0.39, 0.29) is 6.04 Å². The van der Waals surface area contributed by atoms with Crippen molar-refractivity contribution in [3.05, 3.63) is 28.2 Å². The predicted octanol–water partition coefficient (Wildman–Crippen LogP) is 4.18. The van der Waals surface area contributed by atoms with Gasteiger partial charge in [-0.2, -0.15) is 0 Å². The smallest absolute Gasteiger partial charge is 0.124 e. The van der Waals surface area contributed by atoms with E-state index in [1.165, 1.54) is 32.1 Å². The molecule has 0 bridgehead atoms. The van der Waals surface area contributed by atoms with E-state index in [1.807, 2.05) is 12.1 Å². The van der Waals surface area contributed by atoms with E-state index < -0.39 is 0 Å². The van der Waals surface area contributed by atoms with Gasteiger partial charge in [0.25, 0.3) is 0 Å². The molecule has 1 aliphatic carbocycles. The molecule has 0 aromatic heterocycles. The van der Waals surface area contributed by atoms with E-state index in [0.29, 0.717) is 12.0 Å². The second-order valence-corrected chi connectivity index (χ2v) is 6.49. The Hall–Kier alpha value is -0.540. The van der Waals surface area contributed by atoms with Crippen molar-refractivity contribution in [3.8, 4) is 5.75 Å². The molecule has 0 spiro atoms. The molecule has 2 N–H and O–H groups in total. The molecule has 98 valence electrons. The lowest BCUT2D eigenvalue weighted by molar-refractivity contribution is 0.0784. The van der Waals surface area contributed by atoms with Gasteiger partial charge in [0.15, 0.2) is 0 Å². The molecular weight excluding hydrogens is 290 g/mol.